The van der Waals surface area contributed by atoms with Crippen molar-refractivity contribution in [2.24, 2.45) is 0 Å². The Bertz CT molecular complexity index is 442. The van der Waals surface area contributed by atoms with Crippen LogP contribution in [0.5, 0.6) is 5.75 Å². The maximum atomic E-state index is 11.5. The highest BCUT2D eigenvalue weighted by atomic mass is 16.5. The molecule has 2 rings (SSSR count). The van der Waals surface area contributed by atoms with E-state index in [1.54, 1.807) is 12.0 Å². The summed E-state index contributed by atoms with van der Waals surface area (Å²) in [6, 6.07) is 7.46. The molecule has 0 unspecified atom stereocenters. The van der Waals surface area contributed by atoms with Gasteiger partial charge >= 0.3 is 6.03 Å². The maximum Gasteiger partial charge on any atom is 0.324 e. The first-order chi connectivity index (χ1) is 8.69. The van der Waals surface area contributed by atoms with Crippen molar-refractivity contribution in [1.82, 2.24) is 10.2 Å². The lowest BCUT2D eigenvalue weighted by Crippen LogP contribution is -2.49. The van der Waals surface area contributed by atoms with Crippen LogP contribution in [0.15, 0.2) is 24.3 Å². The van der Waals surface area contributed by atoms with E-state index in [1.165, 1.54) is 0 Å². The molecule has 1 saturated heterocycles. The number of methoxy groups -OCH3 is 1. The van der Waals surface area contributed by atoms with E-state index in [1.807, 2.05) is 24.3 Å². The van der Waals surface area contributed by atoms with Gasteiger partial charge in [-0.15, -0.1) is 0 Å². The highest BCUT2D eigenvalue weighted by Crippen LogP contribution is 2.12. The van der Waals surface area contributed by atoms with Crippen LogP contribution in [-0.4, -0.2) is 37.0 Å². The molecule has 1 aromatic carbocycles. The van der Waals surface area contributed by atoms with E-state index in [9.17, 15) is 9.59 Å². The molecular weight excluding hydrogens is 232 g/mol. The zero-order valence-corrected chi connectivity index (χ0v) is 10.3. The van der Waals surface area contributed by atoms with Gasteiger partial charge in [0, 0.05) is 19.5 Å². The van der Waals surface area contributed by atoms with Crippen molar-refractivity contribution in [1.29, 1.82) is 0 Å². The molecule has 0 aliphatic carbocycles. The fourth-order valence-electron chi connectivity index (χ4n) is 1.87. The van der Waals surface area contributed by atoms with Crippen LogP contribution < -0.4 is 10.1 Å². The molecule has 1 N–H and O–H groups in total. The van der Waals surface area contributed by atoms with Crippen molar-refractivity contribution in [3.05, 3.63) is 29.8 Å². The van der Waals surface area contributed by atoms with Crippen LogP contribution in [0.2, 0.25) is 0 Å². The van der Waals surface area contributed by atoms with Gasteiger partial charge in [0.15, 0.2) is 0 Å². The summed E-state index contributed by atoms with van der Waals surface area (Å²) < 4.78 is 5.08. The van der Waals surface area contributed by atoms with Crippen LogP contribution in [0.1, 0.15) is 12.0 Å². The number of urea groups is 1. The van der Waals surface area contributed by atoms with Crippen LogP contribution in [0.25, 0.3) is 0 Å². The van der Waals surface area contributed by atoms with Gasteiger partial charge in [-0.2, -0.15) is 0 Å². The predicted molar refractivity (Wildman–Crippen MR) is 66.4 cm³/mol. The van der Waals surface area contributed by atoms with Gasteiger partial charge in [0.05, 0.1) is 7.11 Å². The number of hydrogen-bond acceptors (Lipinski definition) is 3. The van der Waals surface area contributed by atoms with E-state index in [2.05, 4.69) is 5.32 Å². The number of amides is 3. The molecular formula is C13H16N2O3. The molecule has 1 aliphatic heterocycles. The Morgan fingerprint density at radius 3 is 2.61 bits per heavy atom. The van der Waals surface area contributed by atoms with Crippen molar-refractivity contribution in [2.45, 2.75) is 12.8 Å². The quantitative estimate of drug-likeness (QED) is 0.870. The van der Waals surface area contributed by atoms with Gasteiger partial charge in [-0.05, 0) is 24.1 Å². The number of rotatable bonds is 4. The number of nitrogens with one attached hydrogen (secondary N) is 1. The van der Waals surface area contributed by atoms with E-state index >= 15 is 0 Å². The average Bonchev–Trinajstić information content (AvgIpc) is 2.38. The lowest BCUT2D eigenvalue weighted by molar-refractivity contribution is -0.121. The molecule has 5 nitrogen and oxygen atoms in total. The molecule has 5 heteroatoms. The van der Waals surface area contributed by atoms with Crippen molar-refractivity contribution >= 4 is 11.9 Å². The minimum atomic E-state index is -0.292. The van der Waals surface area contributed by atoms with Gasteiger partial charge in [0.1, 0.15) is 5.75 Å². The molecule has 1 fully saturated rings. The Morgan fingerprint density at radius 2 is 2.00 bits per heavy atom. The molecule has 0 atom stereocenters. The number of benzene rings is 1. The zero-order chi connectivity index (χ0) is 13.0. The number of ether oxygens (including phenoxy) is 1. The topological polar surface area (TPSA) is 58.6 Å². The first-order valence-corrected chi connectivity index (χ1v) is 5.91. The van der Waals surface area contributed by atoms with Gasteiger partial charge in [-0.3, -0.25) is 10.1 Å². The largest absolute Gasteiger partial charge is 0.497 e. The zero-order valence-electron chi connectivity index (χ0n) is 10.3. The molecule has 1 heterocycles. The lowest BCUT2D eigenvalue weighted by Gasteiger charge is -2.26. The minimum absolute atomic E-state index is 0.194. The molecule has 1 aliphatic rings. The summed E-state index contributed by atoms with van der Waals surface area (Å²) in [4.78, 5) is 24.2. The standard InChI is InChI=1S/C13H16N2O3/c1-18-11-4-2-10(3-5-11)6-8-15-9-7-12(16)14-13(15)17/h2-5H,6-9H2,1H3,(H,14,16,17). The molecule has 0 saturated carbocycles. The number of hydrogen-bond donors (Lipinski definition) is 1. The van der Waals surface area contributed by atoms with Gasteiger partial charge in [-0.25, -0.2) is 4.79 Å². The Balaban J connectivity index is 1.87. The Labute approximate surface area is 106 Å². The second kappa shape index (κ2) is 5.53. The Morgan fingerprint density at radius 1 is 1.28 bits per heavy atom. The van der Waals surface area contributed by atoms with E-state index in [4.69, 9.17) is 4.74 Å². The third kappa shape index (κ3) is 3.00. The van der Waals surface area contributed by atoms with Crippen molar-refractivity contribution in [3.8, 4) is 5.75 Å². The van der Waals surface area contributed by atoms with Crippen molar-refractivity contribution < 1.29 is 14.3 Å². The first kappa shape index (κ1) is 12.4. The lowest BCUT2D eigenvalue weighted by atomic mass is 10.1. The SMILES string of the molecule is COc1ccc(CCN2CCC(=O)NC2=O)cc1. The van der Waals surface area contributed by atoms with E-state index in [0.717, 1.165) is 17.7 Å². The molecule has 3 amide bonds. The summed E-state index contributed by atoms with van der Waals surface area (Å²) in [5.74, 6) is 0.626. The highest BCUT2D eigenvalue weighted by molar-refractivity contribution is 5.96. The summed E-state index contributed by atoms with van der Waals surface area (Å²) in [6.07, 6.45) is 1.15. The predicted octanol–water partition coefficient (Wildman–Crippen LogP) is 1.18. The van der Waals surface area contributed by atoms with Gasteiger partial charge < -0.3 is 9.64 Å². The average molecular weight is 248 g/mol. The van der Waals surface area contributed by atoms with Crippen LogP contribution in [0.3, 0.4) is 0 Å². The van der Waals surface area contributed by atoms with Gasteiger partial charge in [-0.1, -0.05) is 12.1 Å². The molecule has 0 radical (unpaired) electrons. The molecule has 0 spiro atoms. The summed E-state index contributed by atoms with van der Waals surface area (Å²) in [7, 11) is 1.63. The van der Waals surface area contributed by atoms with E-state index in [0.29, 0.717) is 19.5 Å². The highest BCUT2D eigenvalue weighted by Gasteiger charge is 2.22. The number of carbonyl (C=O) groups excluding carboxylic acids is 2. The normalized spacial score (nSPS) is 15.5. The van der Waals surface area contributed by atoms with Crippen LogP contribution in [0, 0.1) is 0 Å². The molecule has 0 aromatic heterocycles. The van der Waals surface area contributed by atoms with Gasteiger partial charge in [0.25, 0.3) is 0 Å². The number of carbonyl (C=O) groups is 2. The number of nitrogens with zero attached hydrogens (tertiary/aromatic N) is 1. The smallest absolute Gasteiger partial charge is 0.324 e. The van der Waals surface area contributed by atoms with Crippen molar-refractivity contribution in [2.75, 3.05) is 20.2 Å². The van der Waals surface area contributed by atoms with Crippen molar-refractivity contribution in [3.63, 3.8) is 0 Å². The van der Waals surface area contributed by atoms with Gasteiger partial charge in [0.2, 0.25) is 5.91 Å². The van der Waals surface area contributed by atoms with Crippen LogP contribution >= 0.6 is 0 Å². The van der Waals surface area contributed by atoms with E-state index < -0.39 is 0 Å². The van der Waals surface area contributed by atoms with Crippen LogP contribution in [0.4, 0.5) is 4.79 Å². The van der Waals surface area contributed by atoms with Crippen LogP contribution in [-0.2, 0) is 11.2 Å². The molecule has 0 bridgehead atoms. The fourth-order valence-corrected chi connectivity index (χ4v) is 1.87. The fraction of sp³-hybridized carbons (Fsp3) is 0.385. The molecule has 18 heavy (non-hydrogen) atoms. The summed E-state index contributed by atoms with van der Waals surface area (Å²) >= 11 is 0. The summed E-state index contributed by atoms with van der Waals surface area (Å²) in [5, 5.41) is 2.31. The third-order valence-electron chi connectivity index (χ3n) is 2.97. The maximum absolute atomic E-state index is 11.5. The monoisotopic (exact) mass is 248 g/mol. The molecule has 1 aromatic rings. The molecule has 96 valence electrons. The first-order valence-electron chi connectivity index (χ1n) is 5.91. The second-order valence-electron chi connectivity index (χ2n) is 4.19. The summed E-state index contributed by atoms with van der Waals surface area (Å²) in [5.41, 5.74) is 1.14. The third-order valence-corrected chi connectivity index (χ3v) is 2.97. The minimum Gasteiger partial charge on any atom is -0.497 e. The summed E-state index contributed by atoms with van der Waals surface area (Å²) in [6.45, 7) is 1.12. The second-order valence-corrected chi connectivity index (χ2v) is 4.19. The Hall–Kier alpha value is -2.04. The Kier molecular flexibility index (Phi) is 3.82. The van der Waals surface area contributed by atoms with E-state index in [-0.39, 0.29) is 11.9 Å². The number of imide groups is 1.